The summed E-state index contributed by atoms with van der Waals surface area (Å²) in [6.45, 7) is 25.6. The van der Waals surface area contributed by atoms with Crippen molar-refractivity contribution in [2.45, 2.75) is 105 Å². The van der Waals surface area contributed by atoms with Crippen LogP contribution in [0.15, 0.2) is 36.4 Å². The van der Waals surface area contributed by atoms with Crippen LogP contribution in [-0.2, 0) is 16.6 Å². The molecule has 50 heavy (non-hydrogen) atoms. The van der Waals surface area contributed by atoms with Gasteiger partial charge in [0.05, 0.1) is 18.5 Å². The van der Waals surface area contributed by atoms with E-state index >= 15 is 0 Å². The van der Waals surface area contributed by atoms with E-state index < -0.39 is 0 Å². The van der Waals surface area contributed by atoms with E-state index in [2.05, 4.69) is 111 Å². The summed E-state index contributed by atoms with van der Waals surface area (Å²) < 4.78 is 0. The number of hydrogen-bond donors (Lipinski definition) is 2. The Morgan fingerprint density at radius 3 is 2.44 bits per heavy atom. The lowest BCUT2D eigenvalue weighted by molar-refractivity contribution is -0.224. The molecule has 0 bridgehead atoms. The van der Waals surface area contributed by atoms with Crippen LogP contribution in [0.4, 0.5) is 0 Å². The molecule has 6 aliphatic rings. The molecule has 9 atom stereocenters. The van der Waals surface area contributed by atoms with Gasteiger partial charge >= 0.3 is 0 Å². The zero-order valence-electron chi connectivity index (χ0n) is 32.3. The number of amides is 1. The number of carbonyl (C=O) groups excluding carboxylic acids is 1. The Labute approximate surface area is 302 Å². The lowest BCUT2D eigenvalue weighted by atomic mass is 9.32. The topological polar surface area (TPSA) is 51.4 Å². The van der Waals surface area contributed by atoms with E-state index in [9.17, 15) is 4.79 Å². The van der Waals surface area contributed by atoms with Crippen molar-refractivity contribution in [1.82, 2.24) is 20.1 Å². The molecular weight excluding hydrogens is 613 g/mol. The largest absolute Gasteiger partial charge is 0.358 e. The molecule has 0 radical (unpaired) electrons. The maximum atomic E-state index is 14.5. The Balaban J connectivity index is 1.07. The van der Waals surface area contributed by atoms with E-state index in [0.717, 1.165) is 58.4 Å². The van der Waals surface area contributed by atoms with Gasteiger partial charge in [-0.3, -0.25) is 9.69 Å². The number of hydrogen-bond acceptors (Lipinski definition) is 3. The van der Waals surface area contributed by atoms with Crippen LogP contribution in [-0.4, -0.2) is 67.0 Å². The van der Waals surface area contributed by atoms with Gasteiger partial charge in [-0.2, -0.15) is 0 Å². The first-order valence-electron chi connectivity index (χ1n) is 20.2. The van der Waals surface area contributed by atoms with Crippen molar-refractivity contribution < 1.29 is 4.79 Å². The highest BCUT2D eigenvalue weighted by Gasteiger charge is 2.71. The molecule has 5 aliphatic carbocycles. The number of rotatable bonds is 4. The van der Waals surface area contributed by atoms with Crippen LogP contribution in [0.3, 0.4) is 0 Å². The number of H-pyrrole nitrogens is 1. The van der Waals surface area contributed by atoms with Crippen molar-refractivity contribution >= 4 is 16.8 Å². The van der Waals surface area contributed by atoms with Crippen molar-refractivity contribution in [3.8, 4) is 11.8 Å². The van der Waals surface area contributed by atoms with Crippen molar-refractivity contribution in [2.24, 2.45) is 51.2 Å². The van der Waals surface area contributed by atoms with Gasteiger partial charge < -0.3 is 15.2 Å². The molecule has 1 aromatic heterocycles. The van der Waals surface area contributed by atoms with Crippen LogP contribution >= 0.6 is 0 Å². The highest BCUT2D eigenvalue weighted by molar-refractivity contribution is 5.86. The lowest BCUT2D eigenvalue weighted by Crippen LogP contribution is -2.67. The third-order valence-corrected chi connectivity index (χ3v) is 17.0. The molecular formula is C45H64N4O. The summed E-state index contributed by atoms with van der Waals surface area (Å²) in [7, 11) is 2.19. The molecule has 2 aromatic rings. The van der Waals surface area contributed by atoms with E-state index in [4.69, 9.17) is 0 Å². The lowest BCUT2D eigenvalue weighted by Gasteiger charge is -2.72. The average molecular weight is 677 g/mol. The number of allylic oxidation sites excluding steroid dienone is 1. The molecule has 5 nitrogen and oxygen atoms in total. The fraction of sp³-hybridized carbons (Fsp3) is 0.711. The van der Waals surface area contributed by atoms with Gasteiger partial charge in [-0.1, -0.05) is 76.8 Å². The van der Waals surface area contributed by atoms with Gasteiger partial charge in [0, 0.05) is 48.2 Å². The van der Waals surface area contributed by atoms with E-state index in [1.165, 1.54) is 54.3 Å². The summed E-state index contributed by atoms with van der Waals surface area (Å²) >= 11 is 0. The number of aromatic nitrogens is 1. The van der Waals surface area contributed by atoms with E-state index in [1.54, 1.807) is 5.56 Å². The molecule has 1 aromatic carbocycles. The monoisotopic (exact) mass is 677 g/mol. The predicted octanol–water partition coefficient (Wildman–Crippen LogP) is 8.21. The second kappa shape index (κ2) is 12.0. The zero-order valence-corrected chi connectivity index (χ0v) is 32.3. The van der Waals surface area contributed by atoms with Gasteiger partial charge in [0.25, 0.3) is 0 Å². The minimum atomic E-state index is -0.289. The maximum Gasteiger partial charge on any atom is 0.227 e. The molecule has 270 valence electrons. The third kappa shape index (κ3) is 4.82. The van der Waals surface area contributed by atoms with Crippen molar-refractivity contribution in [2.75, 3.05) is 46.3 Å². The second-order valence-corrected chi connectivity index (χ2v) is 19.4. The van der Waals surface area contributed by atoms with Crippen molar-refractivity contribution in [3.63, 3.8) is 0 Å². The Morgan fingerprint density at radius 2 is 1.68 bits per heavy atom. The van der Waals surface area contributed by atoms with Crippen LogP contribution in [0.1, 0.15) is 104 Å². The van der Waals surface area contributed by atoms with Crippen LogP contribution in [0.25, 0.3) is 10.9 Å². The molecule has 2 heterocycles. The number of nitrogens with zero attached hydrogens (tertiary/aromatic N) is 2. The molecule has 4 saturated carbocycles. The van der Waals surface area contributed by atoms with Gasteiger partial charge in [-0.15, -0.1) is 0 Å². The molecule has 8 rings (SSSR count). The summed E-state index contributed by atoms with van der Waals surface area (Å²) in [6.07, 6.45) is 10.6. The highest BCUT2D eigenvalue weighted by Crippen LogP contribution is 2.77. The molecule has 1 aliphatic heterocycles. The molecule has 0 unspecified atom stereocenters. The second-order valence-electron chi connectivity index (χ2n) is 19.4. The normalized spacial score (nSPS) is 40.7. The fourth-order valence-corrected chi connectivity index (χ4v) is 14.4. The van der Waals surface area contributed by atoms with Gasteiger partial charge in [0.1, 0.15) is 0 Å². The zero-order chi connectivity index (χ0) is 35.3. The van der Waals surface area contributed by atoms with Crippen molar-refractivity contribution in [3.05, 3.63) is 47.7 Å². The average Bonchev–Trinajstić information content (AvgIpc) is 3.66. The Kier molecular flexibility index (Phi) is 8.28. The van der Waals surface area contributed by atoms with E-state index in [1.807, 2.05) is 0 Å². The third-order valence-electron chi connectivity index (χ3n) is 17.0. The van der Waals surface area contributed by atoms with Gasteiger partial charge in [-0.05, 0) is 129 Å². The summed E-state index contributed by atoms with van der Waals surface area (Å²) in [4.78, 5) is 23.2. The Morgan fingerprint density at radius 1 is 0.920 bits per heavy atom. The number of para-hydroxylation sites is 1. The van der Waals surface area contributed by atoms with Crippen molar-refractivity contribution in [1.29, 1.82) is 0 Å². The van der Waals surface area contributed by atoms with E-state index in [0.29, 0.717) is 36.1 Å². The number of nitrogens with one attached hydrogen (secondary N) is 2. The minimum Gasteiger partial charge on any atom is -0.358 e. The number of aromatic amines is 1. The number of fused-ring (bicyclic) bond motifs is 10. The number of likely N-dealkylation sites (N-methyl/N-ethyl adjacent to an activating group) is 1. The van der Waals surface area contributed by atoms with Crippen LogP contribution < -0.4 is 5.32 Å². The molecule has 1 saturated heterocycles. The highest BCUT2D eigenvalue weighted by atomic mass is 16.2. The first-order valence-corrected chi connectivity index (χ1v) is 20.2. The van der Waals surface area contributed by atoms with Crippen LogP contribution in [0.2, 0.25) is 0 Å². The summed E-state index contributed by atoms with van der Waals surface area (Å²) in [5.41, 5.74) is 6.23. The Bertz CT molecular complexity index is 1740. The summed E-state index contributed by atoms with van der Waals surface area (Å²) in [5.74, 6) is 9.69. The van der Waals surface area contributed by atoms with Gasteiger partial charge in [0.2, 0.25) is 5.91 Å². The number of carbonyl (C=O) groups is 1. The SMILES string of the molecule is C=C(C)[C@@H]1CC[C@]2(C(=O)NCC#CCN3CCN(C)CC3)CC[C@]3(C)[C@H](CC[C@@H]4[C@@]5(C)Cc6c([nH]c7ccccc67)C(C)(C)[C@@H]5CC[C@]43C)[C@@H]12. The summed E-state index contributed by atoms with van der Waals surface area (Å²) in [5, 5.41) is 4.83. The molecule has 2 N–H and O–H groups in total. The molecule has 5 fully saturated rings. The Hall–Kier alpha value is -2.55. The molecule has 1 amide bonds. The number of piperazine rings is 1. The van der Waals surface area contributed by atoms with E-state index in [-0.39, 0.29) is 33.0 Å². The maximum absolute atomic E-state index is 14.5. The standard InChI is InChI=1S/C45H64N4O/c1-30(2)31-17-20-45(40(50)46-23-11-12-24-49-27-25-48(8)26-28-49)22-21-43(6)34(38(31)45)15-16-37-42(5)29-33-32-13-9-10-14-35(32)47-39(33)41(3,4)36(42)18-19-44(37,43)7/h9-10,13-14,31,34,36-38,47H,1,15-29H2,2-8H3,(H,46,50)/t31-,34+,36-,37+,38+,42-,43+,44+,45-/m0/s1. The van der Waals surface area contributed by atoms with Gasteiger partial charge in [-0.25, -0.2) is 0 Å². The fourth-order valence-electron chi connectivity index (χ4n) is 14.4. The van der Waals surface area contributed by atoms with Crippen LogP contribution in [0.5, 0.6) is 0 Å². The first kappa shape index (κ1) is 34.5. The predicted molar refractivity (Wildman–Crippen MR) is 206 cm³/mol. The van der Waals surface area contributed by atoms with Gasteiger partial charge in [0.15, 0.2) is 0 Å². The smallest absolute Gasteiger partial charge is 0.227 e. The minimum absolute atomic E-state index is 0.115. The first-order chi connectivity index (χ1) is 23.8. The van der Waals surface area contributed by atoms with Crippen LogP contribution in [0, 0.1) is 63.1 Å². The molecule has 0 spiro atoms. The number of benzene rings is 1. The summed E-state index contributed by atoms with van der Waals surface area (Å²) in [6, 6.07) is 9.03. The molecule has 5 heteroatoms. The quantitative estimate of drug-likeness (QED) is 0.254.